The highest BCUT2D eigenvalue weighted by Crippen LogP contribution is 2.29. The lowest BCUT2D eigenvalue weighted by molar-refractivity contribution is -0.117. The van der Waals surface area contributed by atoms with Crippen LogP contribution in [-0.2, 0) is 9.53 Å². The van der Waals surface area contributed by atoms with Crippen molar-refractivity contribution in [2.24, 2.45) is 5.92 Å². The second kappa shape index (κ2) is 6.85. The van der Waals surface area contributed by atoms with Crippen molar-refractivity contribution in [3.8, 4) is 0 Å². The van der Waals surface area contributed by atoms with Gasteiger partial charge in [-0.2, -0.15) is 0 Å². The number of hydrogen-bond acceptors (Lipinski definition) is 4. The number of carboxylic acids is 1. The number of methoxy groups -OCH3 is 1. The van der Waals surface area contributed by atoms with Gasteiger partial charge in [-0.1, -0.05) is 6.42 Å². The first-order chi connectivity index (χ1) is 9.58. The standard InChI is InChI=1S/C14H19NO4S/c1-19-11-4-2-3-9(5-11)6-12(16)15-13-7-10(8-20-13)14(17)18/h7-9,11H,2-6H2,1H3,(H,15,16)(H,17,18). The van der Waals surface area contributed by atoms with E-state index in [1.807, 2.05) is 0 Å². The number of thiophene rings is 1. The minimum absolute atomic E-state index is 0.0504. The Morgan fingerprint density at radius 2 is 2.30 bits per heavy atom. The van der Waals surface area contributed by atoms with Crippen LogP contribution in [0.4, 0.5) is 5.00 Å². The van der Waals surface area contributed by atoms with Crippen LogP contribution in [-0.4, -0.2) is 30.2 Å². The van der Waals surface area contributed by atoms with Crippen molar-refractivity contribution in [3.63, 3.8) is 0 Å². The second-order valence-corrected chi connectivity index (χ2v) is 6.06. The number of nitrogens with one attached hydrogen (secondary N) is 1. The van der Waals surface area contributed by atoms with Crippen molar-refractivity contribution in [2.45, 2.75) is 38.2 Å². The molecule has 2 atom stereocenters. The van der Waals surface area contributed by atoms with E-state index in [2.05, 4.69) is 5.32 Å². The average Bonchev–Trinajstić information content (AvgIpc) is 2.87. The largest absolute Gasteiger partial charge is 0.478 e. The molecular weight excluding hydrogens is 278 g/mol. The zero-order valence-electron chi connectivity index (χ0n) is 11.4. The van der Waals surface area contributed by atoms with E-state index in [9.17, 15) is 9.59 Å². The van der Waals surface area contributed by atoms with E-state index < -0.39 is 5.97 Å². The maximum Gasteiger partial charge on any atom is 0.336 e. The number of carboxylic acid groups (broad SMARTS) is 1. The molecule has 1 heterocycles. The number of aromatic carboxylic acids is 1. The summed E-state index contributed by atoms with van der Waals surface area (Å²) in [6.45, 7) is 0. The molecule has 20 heavy (non-hydrogen) atoms. The third-order valence-corrected chi connectivity index (χ3v) is 4.50. The van der Waals surface area contributed by atoms with Gasteiger partial charge in [-0.15, -0.1) is 11.3 Å². The average molecular weight is 297 g/mol. The fourth-order valence-electron chi connectivity index (χ4n) is 2.61. The summed E-state index contributed by atoms with van der Waals surface area (Å²) in [6.07, 6.45) is 4.88. The van der Waals surface area contributed by atoms with Gasteiger partial charge in [-0.25, -0.2) is 4.79 Å². The zero-order valence-corrected chi connectivity index (χ0v) is 12.2. The molecule has 2 unspecified atom stereocenters. The molecule has 1 aromatic heterocycles. The lowest BCUT2D eigenvalue weighted by Crippen LogP contribution is -2.25. The van der Waals surface area contributed by atoms with Gasteiger partial charge in [0.25, 0.3) is 0 Å². The Balaban J connectivity index is 1.83. The molecule has 1 amide bonds. The van der Waals surface area contributed by atoms with Crippen LogP contribution in [0, 0.1) is 5.92 Å². The van der Waals surface area contributed by atoms with Crippen LogP contribution >= 0.6 is 11.3 Å². The van der Waals surface area contributed by atoms with Crippen LogP contribution in [0.1, 0.15) is 42.5 Å². The SMILES string of the molecule is COC1CCCC(CC(=O)Nc2cc(C(=O)O)cs2)C1. The predicted molar refractivity (Wildman–Crippen MR) is 77.3 cm³/mol. The fraction of sp³-hybridized carbons (Fsp3) is 0.571. The Morgan fingerprint density at radius 3 is 2.95 bits per heavy atom. The topological polar surface area (TPSA) is 75.6 Å². The van der Waals surface area contributed by atoms with Crippen molar-refractivity contribution in [3.05, 3.63) is 17.0 Å². The molecule has 0 bridgehead atoms. The van der Waals surface area contributed by atoms with Gasteiger partial charge in [0.05, 0.1) is 16.7 Å². The lowest BCUT2D eigenvalue weighted by atomic mass is 9.85. The summed E-state index contributed by atoms with van der Waals surface area (Å²) in [7, 11) is 1.71. The summed E-state index contributed by atoms with van der Waals surface area (Å²) < 4.78 is 5.36. The van der Waals surface area contributed by atoms with E-state index >= 15 is 0 Å². The summed E-state index contributed by atoms with van der Waals surface area (Å²) in [5.74, 6) is -0.671. The second-order valence-electron chi connectivity index (χ2n) is 5.15. The summed E-state index contributed by atoms with van der Waals surface area (Å²) in [5.41, 5.74) is 0.211. The molecule has 1 saturated carbocycles. The molecule has 1 aliphatic carbocycles. The Labute approximate surface area is 121 Å². The number of ether oxygens (including phenoxy) is 1. The number of carbonyl (C=O) groups excluding carboxylic acids is 1. The summed E-state index contributed by atoms with van der Waals surface area (Å²) >= 11 is 1.24. The third-order valence-electron chi connectivity index (χ3n) is 3.65. The zero-order chi connectivity index (χ0) is 14.5. The van der Waals surface area contributed by atoms with E-state index in [1.165, 1.54) is 22.8 Å². The van der Waals surface area contributed by atoms with E-state index in [-0.39, 0.29) is 17.6 Å². The Kier molecular flexibility index (Phi) is 5.14. The predicted octanol–water partition coefficient (Wildman–Crippen LogP) is 2.98. The van der Waals surface area contributed by atoms with Crippen LogP contribution in [0.5, 0.6) is 0 Å². The van der Waals surface area contributed by atoms with Gasteiger partial charge in [-0.3, -0.25) is 4.79 Å². The van der Waals surface area contributed by atoms with Gasteiger partial charge in [0.15, 0.2) is 0 Å². The maximum absolute atomic E-state index is 12.0. The highest BCUT2D eigenvalue weighted by atomic mass is 32.1. The number of hydrogen-bond donors (Lipinski definition) is 2. The highest BCUT2D eigenvalue weighted by molar-refractivity contribution is 7.14. The number of anilines is 1. The van der Waals surface area contributed by atoms with Crippen LogP contribution in [0.3, 0.4) is 0 Å². The number of carbonyl (C=O) groups is 2. The van der Waals surface area contributed by atoms with Gasteiger partial charge in [-0.05, 0) is 31.2 Å². The monoisotopic (exact) mass is 297 g/mol. The molecule has 1 fully saturated rings. The molecule has 1 aliphatic rings. The minimum atomic E-state index is -0.975. The smallest absolute Gasteiger partial charge is 0.336 e. The van der Waals surface area contributed by atoms with E-state index in [0.717, 1.165) is 25.7 Å². The Morgan fingerprint density at radius 1 is 1.50 bits per heavy atom. The van der Waals surface area contributed by atoms with Crippen molar-refractivity contribution < 1.29 is 19.4 Å². The van der Waals surface area contributed by atoms with Crippen LogP contribution < -0.4 is 5.32 Å². The van der Waals surface area contributed by atoms with Crippen molar-refractivity contribution in [2.75, 3.05) is 12.4 Å². The van der Waals surface area contributed by atoms with Crippen molar-refractivity contribution >= 4 is 28.2 Å². The number of amides is 1. The maximum atomic E-state index is 12.0. The summed E-state index contributed by atoms with van der Waals surface area (Å²) in [5, 5.41) is 13.7. The molecule has 0 aliphatic heterocycles. The van der Waals surface area contributed by atoms with Gasteiger partial charge >= 0.3 is 5.97 Å². The van der Waals surface area contributed by atoms with Gasteiger partial charge < -0.3 is 15.2 Å². The first-order valence-electron chi connectivity index (χ1n) is 6.73. The lowest BCUT2D eigenvalue weighted by Gasteiger charge is -2.27. The van der Waals surface area contributed by atoms with E-state index in [4.69, 9.17) is 9.84 Å². The third kappa shape index (κ3) is 4.05. The molecular formula is C14H19NO4S. The first-order valence-corrected chi connectivity index (χ1v) is 7.61. The van der Waals surface area contributed by atoms with Gasteiger partial charge in [0, 0.05) is 18.9 Å². The molecule has 0 radical (unpaired) electrons. The van der Waals surface area contributed by atoms with Gasteiger partial charge in [0.1, 0.15) is 0 Å². The molecule has 0 aromatic carbocycles. The molecule has 0 spiro atoms. The molecule has 5 nitrogen and oxygen atoms in total. The van der Waals surface area contributed by atoms with Crippen LogP contribution in [0.15, 0.2) is 11.4 Å². The van der Waals surface area contributed by atoms with E-state index in [1.54, 1.807) is 7.11 Å². The van der Waals surface area contributed by atoms with E-state index in [0.29, 0.717) is 17.3 Å². The van der Waals surface area contributed by atoms with Crippen LogP contribution in [0.25, 0.3) is 0 Å². The molecule has 2 rings (SSSR count). The molecule has 110 valence electrons. The van der Waals surface area contributed by atoms with Crippen molar-refractivity contribution in [1.29, 1.82) is 0 Å². The minimum Gasteiger partial charge on any atom is -0.478 e. The molecule has 0 saturated heterocycles. The fourth-order valence-corrected chi connectivity index (χ4v) is 3.40. The summed E-state index contributed by atoms with van der Waals surface area (Å²) in [4.78, 5) is 22.7. The molecule has 1 aromatic rings. The molecule has 2 N–H and O–H groups in total. The van der Waals surface area contributed by atoms with Gasteiger partial charge in [0.2, 0.25) is 5.91 Å². The van der Waals surface area contributed by atoms with Crippen LogP contribution in [0.2, 0.25) is 0 Å². The normalized spacial score (nSPS) is 22.4. The quantitative estimate of drug-likeness (QED) is 0.876. The van der Waals surface area contributed by atoms with Crippen molar-refractivity contribution in [1.82, 2.24) is 0 Å². The number of rotatable bonds is 5. The summed E-state index contributed by atoms with van der Waals surface area (Å²) in [6, 6.07) is 1.49. The highest BCUT2D eigenvalue weighted by Gasteiger charge is 2.23. The first kappa shape index (κ1) is 15.0. The Bertz CT molecular complexity index is 485. The Hall–Kier alpha value is -1.40. The molecule has 6 heteroatoms.